The van der Waals surface area contributed by atoms with Crippen molar-refractivity contribution in [3.05, 3.63) is 29.6 Å². The lowest BCUT2D eigenvalue weighted by molar-refractivity contribution is 0.105. The zero-order valence-electron chi connectivity index (χ0n) is 13.1. The van der Waals surface area contributed by atoms with Gasteiger partial charge < -0.3 is 19.6 Å². The number of rotatable bonds is 5. The fourth-order valence-electron chi connectivity index (χ4n) is 2.89. The number of halogens is 1. The van der Waals surface area contributed by atoms with E-state index in [0.717, 1.165) is 44.5 Å². The topological polar surface area (TPSA) is 53.0 Å². The monoisotopic (exact) mass is 310 g/mol. The van der Waals surface area contributed by atoms with Crippen molar-refractivity contribution in [3.8, 4) is 5.75 Å². The predicted molar refractivity (Wildman–Crippen MR) is 81.9 cm³/mol. The van der Waals surface area contributed by atoms with Crippen LogP contribution in [0.3, 0.4) is 0 Å². The lowest BCUT2D eigenvalue weighted by atomic mass is 10.0. The average molecular weight is 310 g/mol. The highest BCUT2D eigenvalue weighted by molar-refractivity contribution is 5.64. The predicted octanol–water partition coefficient (Wildman–Crippen LogP) is 2.45. The van der Waals surface area contributed by atoms with Gasteiger partial charge in [0.1, 0.15) is 11.6 Å². The van der Waals surface area contributed by atoms with Crippen LogP contribution in [0.5, 0.6) is 5.75 Å². The standard InChI is InChI=1S/C16H23FN2O3/c1-18(16(20)21)14-6-9-19(10-7-14)8-5-12-3-4-13(17)11-15(12)22-2/h3-4,11,14H,5-10H2,1-2H3,(H,20,21). The van der Waals surface area contributed by atoms with Gasteiger partial charge in [-0.15, -0.1) is 0 Å². The molecule has 1 amide bonds. The number of carboxylic acid groups (broad SMARTS) is 1. The number of ether oxygens (including phenoxy) is 1. The molecule has 122 valence electrons. The summed E-state index contributed by atoms with van der Waals surface area (Å²) >= 11 is 0. The third-order valence-electron chi connectivity index (χ3n) is 4.35. The van der Waals surface area contributed by atoms with Gasteiger partial charge in [0, 0.05) is 38.8 Å². The van der Waals surface area contributed by atoms with Gasteiger partial charge in [0.15, 0.2) is 0 Å². The summed E-state index contributed by atoms with van der Waals surface area (Å²) in [6.45, 7) is 2.63. The van der Waals surface area contributed by atoms with Gasteiger partial charge in [0.25, 0.3) is 0 Å². The van der Waals surface area contributed by atoms with Crippen LogP contribution < -0.4 is 4.74 Å². The molecule has 6 heteroatoms. The fraction of sp³-hybridized carbons (Fsp3) is 0.562. The molecule has 22 heavy (non-hydrogen) atoms. The Bertz CT molecular complexity index is 516. The third-order valence-corrected chi connectivity index (χ3v) is 4.35. The van der Waals surface area contributed by atoms with Crippen LogP contribution in [0.4, 0.5) is 9.18 Å². The van der Waals surface area contributed by atoms with Crippen molar-refractivity contribution in [1.29, 1.82) is 0 Å². The largest absolute Gasteiger partial charge is 0.496 e. The highest BCUT2D eigenvalue weighted by Gasteiger charge is 2.24. The Hall–Kier alpha value is -1.82. The number of benzene rings is 1. The molecule has 0 radical (unpaired) electrons. The summed E-state index contributed by atoms with van der Waals surface area (Å²) in [5.41, 5.74) is 0.994. The van der Waals surface area contributed by atoms with Crippen LogP contribution in [0.2, 0.25) is 0 Å². The van der Waals surface area contributed by atoms with Crippen LogP contribution >= 0.6 is 0 Å². The van der Waals surface area contributed by atoms with Crippen molar-refractivity contribution < 1.29 is 19.0 Å². The summed E-state index contributed by atoms with van der Waals surface area (Å²) in [5, 5.41) is 9.00. The second-order valence-corrected chi connectivity index (χ2v) is 5.67. The summed E-state index contributed by atoms with van der Waals surface area (Å²) in [7, 11) is 3.18. The van der Waals surface area contributed by atoms with Crippen LogP contribution in [-0.2, 0) is 6.42 Å². The molecule has 0 saturated carbocycles. The molecular formula is C16H23FN2O3. The van der Waals surface area contributed by atoms with Crippen LogP contribution in [0.25, 0.3) is 0 Å². The molecule has 1 aliphatic rings. The first-order chi connectivity index (χ1) is 10.5. The number of nitrogens with zero attached hydrogens (tertiary/aromatic N) is 2. The number of hydrogen-bond acceptors (Lipinski definition) is 3. The number of amides is 1. The van der Waals surface area contributed by atoms with Gasteiger partial charge in [0.05, 0.1) is 7.11 Å². The highest BCUT2D eigenvalue weighted by Crippen LogP contribution is 2.21. The smallest absolute Gasteiger partial charge is 0.407 e. The van der Waals surface area contributed by atoms with Crippen molar-refractivity contribution in [3.63, 3.8) is 0 Å². The number of hydrogen-bond donors (Lipinski definition) is 1. The van der Waals surface area contributed by atoms with Crippen LogP contribution in [0, 0.1) is 5.82 Å². The number of methoxy groups -OCH3 is 1. The van der Waals surface area contributed by atoms with Crippen molar-refractivity contribution in [1.82, 2.24) is 9.80 Å². The summed E-state index contributed by atoms with van der Waals surface area (Å²) < 4.78 is 18.4. The number of piperidine rings is 1. The van der Waals surface area contributed by atoms with Crippen molar-refractivity contribution >= 4 is 6.09 Å². The van der Waals surface area contributed by atoms with Gasteiger partial charge in [-0.2, -0.15) is 0 Å². The van der Waals surface area contributed by atoms with E-state index in [1.807, 2.05) is 0 Å². The lowest BCUT2D eigenvalue weighted by Gasteiger charge is -2.35. The van der Waals surface area contributed by atoms with Crippen LogP contribution in [0.1, 0.15) is 18.4 Å². The van der Waals surface area contributed by atoms with E-state index in [1.165, 1.54) is 17.0 Å². The molecule has 1 saturated heterocycles. The molecule has 0 spiro atoms. The molecular weight excluding hydrogens is 287 g/mol. The Kier molecular flexibility index (Phi) is 5.60. The highest BCUT2D eigenvalue weighted by atomic mass is 19.1. The first-order valence-corrected chi connectivity index (χ1v) is 7.51. The average Bonchev–Trinajstić information content (AvgIpc) is 2.53. The molecule has 2 rings (SSSR count). The van der Waals surface area contributed by atoms with Crippen molar-refractivity contribution in [2.24, 2.45) is 0 Å². The quantitative estimate of drug-likeness (QED) is 0.907. The Labute approximate surface area is 130 Å². The first kappa shape index (κ1) is 16.5. The Balaban J connectivity index is 1.83. The molecule has 0 aromatic heterocycles. The summed E-state index contributed by atoms with van der Waals surface area (Å²) in [6.07, 6.45) is 1.63. The SMILES string of the molecule is COc1cc(F)ccc1CCN1CCC(N(C)C(=O)O)CC1. The molecule has 1 aliphatic heterocycles. The molecule has 1 N–H and O–H groups in total. The Morgan fingerprint density at radius 3 is 2.73 bits per heavy atom. The molecule has 0 atom stereocenters. The van der Waals surface area contributed by atoms with E-state index in [0.29, 0.717) is 5.75 Å². The molecule has 0 aliphatic carbocycles. The van der Waals surface area contributed by atoms with Gasteiger partial charge in [0.2, 0.25) is 0 Å². The molecule has 0 bridgehead atoms. The summed E-state index contributed by atoms with van der Waals surface area (Å²) in [6, 6.07) is 4.73. The molecule has 1 heterocycles. The number of carbonyl (C=O) groups is 1. The minimum Gasteiger partial charge on any atom is -0.496 e. The van der Waals surface area contributed by atoms with Gasteiger partial charge in [-0.05, 0) is 30.9 Å². The Morgan fingerprint density at radius 2 is 2.14 bits per heavy atom. The summed E-state index contributed by atoms with van der Waals surface area (Å²) in [5.74, 6) is 0.290. The molecule has 1 aromatic carbocycles. The van der Waals surface area contributed by atoms with E-state index in [1.54, 1.807) is 20.2 Å². The molecule has 1 aromatic rings. The minimum absolute atomic E-state index is 0.106. The van der Waals surface area contributed by atoms with Crippen LogP contribution in [-0.4, -0.2) is 60.8 Å². The van der Waals surface area contributed by atoms with Gasteiger partial charge >= 0.3 is 6.09 Å². The first-order valence-electron chi connectivity index (χ1n) is 7.51. The molecule has 1 fully saturated rings. The maximum Gasteiger partial charge on any atom is 0.407 e. The second-order valence-electron chi connectivity index (χ2n) is 5.67. The third kappa shape index (κ3) is 4.10. The zero-order chi connectivity index (χ0) is 16.1. The van der Waals surface area contributed by atoms with E-state index in [-0.39, 0.29) is 11.9 Å². The normalized spacial score (nSPS) is 16.5. The summed E-state index contributed by atoms with van der Waals surface area (Å²) in [4.78, 5) is 14.7. The second kappa shape index (κ2) is 7.45. The Morgan fingerprint density at radius 1 is 1.45 bits per heavy atom. The maximum absolute atomic E-state index is 13.2. The zero-order valence-corrected chi connectivity index (χ0v) is 13.1. The van der Waals surface area contributed by atoms with E-state index < -0.39 is 6.09 Å². The molecule has 0 unspecified atom stereocenters. The number of likely N-dealkylation sites (tertiary alicyclic amines) is 1. The fourth-order valence-corrected chi connectivity index (χ4v) is 2.89. The van der Waals surface area contributed by atoms with Crippen molar-refractivity contribution in [2.45, 2.75) is 25.3 Å². The van der Waals surface area contributed by atoms with Gasteiger partial charge in [-0.1, -0.05) is 6.07 Å². The van der Waals surface area contributed by atoms with E-state index in [9.17, 15) is 9.18 Å². The van der Waals surface area contributed by atoms with Gasteiger partial charge in [-0.3, -0.25) is 0 Å². The lowest BCUT2D eigenvalue weighted by Crippen LogP contribution is -2.45. The maximum atomic E-state index is 13.2. The minimum atomic E-state index is -0.866. The van der Waals surface area contributed by atoms with Crippen LogP contribution in [0.15, 0.2) is 18.2 Å². The van der Waals surface area contributed by atoms with E-state index in [2.05, 4.69) is 4.90 Å². The van der Waals surface area contributed by atoms with E-state index in [4.69, 9.17) is 9.84 Å². The molecule has 5 nitrogen and oxygen atoms in total. The van der Waals surface area contributed by atoms with Gasteiger partial charge in [-0.25, -0.2) is 9.18 Å². The van der Waals surface area contributed by atoms with E-state index >= 15 is 0 Å². The van der Waals surface area contributed by atoms with Crippen molar-refractivity contribution in [2.75, 3.05) is 33.8 Å².